The molecule has 0 unspecified atom stereocenters. The Morgan fingerprint density at radius 3 is 2.12 bits per heavy atom. The molecule has 0 spiro atoms. The standard InChI is InChI=1S/C12H14F3N.ClH/c1-8(2)7-11(16)9-3-5-10(6-4-9)12(13,14)15;/h3-6,11H,1,7,16H2,2H3;1H/t11-;/m0./s1. The average Bonchev–Trinajstić information content (AvgIpc) is 2.15. The minimum Gasteiger partial charge on any atom is -0.324 e. The molecule has 1 rings (SSSR count). The second-order valence-corrected chi connectivity index (χ2v) is 3.89. The number of hydrogen-bond donors (Lipinski definition) is 1. The van der Waals surface area contributed by atoms with E-state index in [1.807, 2.05) is 6.92 Å². The molecule has 0 amide bonds. The fourth-order valence-electron chi connectivity index (χ4n) is 1.41. The first-order chi connectivity index (χ1) is 7.30. The van der Waals surface area contributed by atoms with Gasteiger partial charge in [0.2, 0.25) is 0 Å². The molecule has 0 aliphatic rings. The van der Waals surface area contributed by atoms with Crippen molar-refractivity contribution in [2.24, 2.45) is 5.73 Å². The molecule has 0 aromatic heterocycles. The maximum atomic E-state index is 12.3. The van der Waals surface area contributed by atoms with Gasteiger partial charge in [0, 0.05) is 6.04 Å². The summed E-state index contributed by atoms with van der Waals surface area (Å²) in [6.07, 6.45) is -3.72. The predicted molar refractivity (Wildman–Crippen MR) is 65.1 cm³/mol. The van der Waals surface area contributed by atoms with Gasteiger partial charge in [-0.2, -0.15) is 13.2 Å². The number of alkyl halides is 3. The lowest BCUT2D eigenvalue weighted by molar-refractivity contribution is -0.137. The monoisotopic (exact) mass is 265 g/mol. The lowest BCUT2D eigenvalue weighted by atomic mass is 10.00. The van der Waals surface area contributed by atoms with E-state index in [2.05, 4.69) is 6.58 Å². The highest BCUT2D eigenvalue weighted by molar-refractivity contribution is 5.85. The third-order valence-electron chi connectivity index (χ3n) is 2.23. The molecule has 0 heterocycles. The van der Waals surface area contributed by atoms with E-state index < -0.39 is 11.7 Å². The molecule has 1 atom stereocenters. The van der Waals surface area contributed by atoms with E-state index in [1.165, 1.54) is 12.1 Å². The molecular weight excluding hydrogens is 251 g/mol. The van der Waals surface area contributed by atoms with E-state index in [1.54, 1.807) is 0 Å². The number of halogens is 4. The van der Waals surface area contributed by atoms with E-state index in [4.69, 9.17) is 5.73 Å². The van der Waals surface area contributed by atoms with Crippen molar-refractivity contribution >= 4 is 12.4 Å². The summed E-state index contributed by atoms with van der Waals surface area (Å²) in [7, 11) is 0. The van der Waals surface area contributed by atoms with Crippen molar-refractivity contribution in [1.82, 2.24) is 0 Å². The predicted octanol–water partition coefficient (Wildman–Crippen LogP) is 4.09. The molecule has 0 aliphatic carbocycles. The first kappa shape index (κ1) is 16.0. The Bertz CT molecular complexity index is 370. The van der Waals surface area contributed by atoms with Crippen LogP contribution in [-0.2, 0) is 6.18 Å². The average molecular weight is 266 g/mol. The molecular formula is C12H15ClF3N. The number of benzene rings is 1. The van der Waals surface area contributed by atoms with E-state index in [0.29, 0.717) is 12.0 Å². The number of nitrogens with two attached hydrogens (primary N) is 1. The van der Waals surface area contributed by atoms with Gasteiger partial charge in [-0.05, 0) is 31.0 Å². The van der Waals surface area contributed by atoms with Crippen LogP contribution >= 0.6 is 12.4 Å². The van der Waals surface area contributed by atoms with Crippen LogP contribution in [0.15, 0.2) is 36.4 Å². The molecule has 1 nitrogen and oxygen atoms in total. The summed E-state index contributed by atoms with van der Waals surface area (Å²) in [5.74, 6) is 0. The van der Waals surface area contributed by atoms with Gasteiger partial charge in [0.15, 0.2) is 0 Å². The Labute approximate surface area is 105 Å². The maximum absolute atomic E-state index is 12.3. The van der Waals surface area contributed by atoms with Gasteiger partial charge in [0.05, 0.1) is 5.56 Å². The zero-order chi connectivity index (χ0) is 12.3. The highest BCUT2D eigenvalue weighted by Crippen LogP contribution is 2.30. The van der Waals surface area contributed by atoms with Crippen molar-refractivity contribution in [3.63, 3.8) is 0 Å². The molecule has 1 aromatic carbocycles. The molecule has 0 saturated carbocycles. The molecule has 5 heteroatoms. The van der Waals surface area contributed by atoms with Crippen LogP contribution in [0.2, 0.25) is 0 Å². The molecule has 2 N–H and O–H groups in total. The Hall–Kier alpha value is -1.00. The molecule has 0 saturated heterocycles. The van der Waals surface area contributed by atoms with Crippen LogP contribution in [0.25, 0.3) is 0 Å². The van der Waals surface area contributed by atoms with Crippen LogP contribution in [-0.4, -0.2) is 0 Å². The summed E-state index contributed by atoms with van der Waals surface area (Å²) in [5.41, 5.74) is 6.76. The zero-order valence-electron chi connectivity index (χ0n) is 9.42. The summed E-state index contributed by atoms with van der Waals surface area (Å²) in [5, 5.41) is 0. The van der Waals surface area contributed by atoms with Crippen molar-refractivity contribution in [1.29, 1.82) is 0 Å². The second-order valence-electron chi connectivity index (χ2n) is 3.89. The summed E-state index contributed by atoms with van der Waals surface area (Å²) in [6, 6.07) is 4.63. The largest absolute Gasteiger partial charge is 0.416 e. The molecule has 1 aromatic rings. The zero-order valence-corrected chi connectivity index (χ0v) is 10.2. The van der Waals surface area contributed by atoms with Gasteiger partial charge in [-0.3, -0.25) is 0 Å². The van der Waals surface area contributed by atoms with Gasteiger partial charge in [-0.1, -0.05) is 17.7 Å². The smallest absolute Gasteiger partial charge is 0.324 e. The molecule has 0 bridgehead atoms. The van der Waals surface area contributed by atoms with E-state index >= 15 is 0 Å². The van der Waals surface area contributed by atoms with Crippen LogP contribution in [0.5, 0.6) is 0 Å². The highest BCUT2D eigenvalue weighted by Gasteiger charge is 2.30. The van der Waals surface area contributed by atoms with Crippen LogP contribution in [0.1, 0.15) is 30.5 Å². The first-order valence-corrected chi connectivity index (χ1v) is 4.88. The lowest BCUT2D eigenvalue weighted by Crippen LogP contribution is -2.11. The SMILES string of the molecule is C=C(C)C[C@H](N)c1ccc(C(F)(F)F)cc1.Cl. The van der Waals surface area contributed by atoms with Gasteiger partial charge >= 0.3 is 6.18 Å². The van der Waals surface area contributed by atoms with Gasteiger partial charge in [0.1, 0.15) is 0 Å². The van der Waals surface area contributed by atoms with Crippen molar-refractivity contribution < 1.29 is 13.2 Å². The Balaban J connectivity index is 0.00000256. The molecule has 96 valence electrons. The molecule has 0 radical (unpaired) electrons. The molecule has 0 fully saturated rings. The van der Waals surface area contributed by atoms with Crippen LogP contribution < -0.4 is 5.73 Å². The van der Waals surface area contributed by atoms with Crippen molar-refractivity contribution in [2.75, 3.05) is 0 Å². The summed E-state index contributed by atoms with van der Waals surface area (Å²) in [4.78, 5) is 0. The van der Waals surface area contributed by atoms with Crippen LogP contribution in [0.4, 0.5) is 13.2 Å². The molecule has 17 heavy (non-hydrogen) atoms. The number of hydrogen-bond acceptors (Lipinski definition) is 1. The van der Waals surface area contributed by atoms with Crippen molar-refractivity contribution in [3.05, 3.63) is 47.5 Å². The van der Waals surface area contributed by atoms with Crippen molar-refractivity contribution in [3.8, 4) is 0 Å². The Kier molecular flexibility index (Phi) is 5.72. The quantitative estimate of drug-likeness (QED) is 0.819. The van der Waals surface area contributed by atoms with E-state index in [9.17, 15) is 13.2 Å². The Morgan fingerprint density at radius 2 is 1.76 bits per heavy atom. The van der Waals surface area contributed by atoms with Crippen molar-refractivity contribution in [2.45, 2.75) is 25.6 Å². The summed E-state index contributed by atoms with van der Waals surface area (Å²) >= 11 is 0. The summed E-state index contributed by atoms with van der Waals surface area (Å²) < 4.78 is 36.9. The lowest BCUT2D eigenvalue weighted by Gasteiger charge is -2.13. The van der Waals surface area contributed by atoms with Gasteiger partial charge < -0.3 is 5.73 Å². The topological polar surface area (TPSA) is 26.0 Å². The normalized spacial score (nSPS) is 12.8. The fraction of sp³-hybridized carbons (Fsp3) is 0.333. The second kappa shape index (κ2) is 6.07. The minimum atomic E-state index is -4.29. The van der Waals surface area contributed by atoms with E-state index in [-0.39, 0.29) is 18.4 Å². The Morgan fingerprint density at radius 1 is 1.29 bits per heavy atom. The van der Waals surface area contributed by atoms with Gasteiger partial charge in [-0.15, -0.1) is 19.0 Å². The van der Waals surface area contributed by atoms with Gasteiger partial charge in [0.25, 0.3) is 0 Å². The van der Waals surface area contributed by atoms with Gasteiger partial charge in [-0.25, -0.2) is 0 Å². The van der Waals surface area contributed by atoms with Crippen LogP contribution in [0, 0.1) is 0 Å². The maximum Gasteiger partial charge on any atom is 0.416 e. The fourth-order valence-corrected chi connectivity index (χ4v) is 1.41. The highest BCUT2D eigenvalue weighted by atomic mass is 35.5. The third-order valence-corrected chi connectivity index (χ3v) is 2.23. The van der Waals surface area contributed by atoms with Crippen LogP contribution in [0.3, 0.4) is 0 Å². The van der Waals surface area contributed by atoms with E-state index in [0.717, 1.165) is 17.7 Å². The summed E-state index contributed by atoms with van der Waals surface area (Å²) in [6.45, 7) is 5.55. The minimum absolute atomic E-state index is 0. The molecule has 0 aliphatic heterocycles. The first-order valence-electron chi connectivity index (χ1n) is 4.88. The number of rotatable bonds is 3. The third kappa shape index (κ3) is 4.79.